The van der Waals surface area contributed by atoms with Gasteiger partial charge in [-0.15, -0.1) is 0 Å². The van der Waals surface area contributed by atoms with Crippen molar-refractivity contribution in [3.63, 3.8) is 0 Å². The van der Waals surface area contributed by atoms with Crippen LogP contribution in [0.15, 0.2) is 29.2 Å². The summed E-state index contributed by atoms with van der Waals surface area (Å²) in [5.74, 6) is -0.773. The maximum atomic E-state index is 13.9. The number of carbonyl (C=O) groups is 1. The van der Waals surface area contributed by atoms with E-state index in [0.29, 0.717) is 13.1 Å². The molecule has 6 nitrogen and oxygen atoms in total. The lowest BCUT2D eigenvalue weighted by Crippen LogP contribution is -2.51. The number of carbonyl (C=O) groups excluding carboxylic acids is 1. The molecule has 0 aromatic heterocycles. The number of nitrogens with one attached hydrogen (secondary N) is 1. The summed E-state index contributed by atoms with van der Waals surface area (Å²) < 4.78 is 40.4. The van der Waals surface area contributed by atoms with E-state index in [1.165, 1.54) is 41.8 Å². The molecule has 1 atom stereocenters. The molecule has 1 aliphatic heterocycles. The molecule has 0 bridgehead atoms. The van der Waals surface area contributed by atoms with Gasteiger partial charge in [0.1, 0.15) is 10.7 Å². The van der Waals surface area contributed by atoms with Crippen molar-refractivity contribution in [1.82, 2.24) is 14.5 Å². The van der Waals surface area contributed by atoms with E-state index in [-0.39, 0.29) is 36.5 Å². The third kappa shape index (κ3) is 6.53. The van der Waals surface area contributed by atoms with E-state index in [2.05, 4.69) is 12.2 Å². The van der Waals surface area contributed by atoms with Gasteiger partial charge in [0.05, 0.1) is 6.54 Å². The first-order chi connectivity index (χ1) is 13.3. The van der Waals surface area contributed by atoms with Crippen molar-refractivity contribution < 1.29 is 17.6 Å². The summed E-state index contributed by atoms with van der Waals surface area (Å²) in [4.78, 5) is 13.9. The molecule has 158 valence electrons. The number of piperazine rings is 1. The highest BCUT2D eigenvalue weighted by atomic mass is 32.2. The molecular weight excluding hydrogens is 381 g/mol. The molecule has 0 radical (unpaired) electrons. The second kappa shape index (κ2) is 10.9. The number of nitrogens with zero attached hydrogens (tertiary/aromatic N) is 2. The van der Waals surface area contributed by atoms with Crippen LogP contribution in [0.25, 0.3) is 0 Å². The van der Waals surface area contributed by atoms with Crippen molar-refractivity contribution >= 4 is 15.9 Å². The number of halogens is 1. The minimum atomic E-state index is -3.85. The summed E-state index contributed by atoms with van der Waals surface area (Å²) in [6.45, 7) is 5.84. The van der Waals surface area contributed by atoms with Crippen molar-refractivity contribution in [3.8, 4) is 0 Å². The second-order valence-electron chi connectivity index (χ2n) is 7.43. The Balaban J connectivity index is 1.77. The van der Waals surface area contributed by atoms with Crippen LogP contribution in [0.3, 0.4) is 0 Å². The second-order valence-corrected chi connectivity index (χ2v) is 9.33. The number of unbranched alkanes of at least 4 members (excludes halogenated alkanes) is 3. The fourth-order valence-corrected chi connectivity index (χ4v) is 4.88. The zero-order valence-electron chi connectivity index (χ0n) is 16.9. The van der Waals surface area contributed by atoms with Crippen LogP contribution in [0.1, 0.15) is 46.0 Å². The summed E-state index contributed by atoms with van der Waals surface area (Å²) in [6, 6.07) is 5.56. The molecule has 1 aromatic rings. The fourth-order valence-electron chi connectivity index (χ4n) is 3.39. The summed E-state index contributed by atoms with van der Waals surface area (Å²) in [5, 5.41) is 3.02. The normalized spacial score (nSPS) is 17.4. The predicted octanol–water partition coefficient (Wildman–Crippen LogP) is 2.61. The number of benzene rings is 1. The third-order valence-electron chi connectivity index (χ3n) is 5.05. The molecule has 0 unspecified atom stereocenters. The fraction of sp³-hybridized carbons (Fsp3) is 0.650. The Kier molecular flexibility index (Phi) is 8.85. The molecule has 2 rings (SSSR count). The number of hydrogen-bond acceptors (Lipinski definition) is 4. The molecule has 0 saturated carbocycles. The highest BCUT2D eigenvalue weighted by Gasteiger charge is 2.30. The zero-order chi connectivity index (χ0) is 20.6. The lowest BCUT2D eigenvalue weighted by molar-refractivity contribution is -0.123. The molecule has 0 aliphatic carbocycles. The van der Waals surface area contributed by atoms with E-state index in [4.69, 9.17) is 0 Å². The van der Waals surface area contributed by atoms with Crippen molar-refractivity contribution in [1.29, 1.82) is 0 Å². The molecule has 1 heterocycles. The largest absolute Gasteiger partial charge is 0.353 e. The van der Waals surface area contributed by atoms with Gasteiger partial charge in [0, 0.05) is 32.2 Å². The van der Waals surface area contributed by atoms with E-state index in [1.807, 2.05) is 11.8 Å². The van der Waals surface area contributed by atoms with Gasteiger partial charge >= 0.3 is 0 Å². The highest BCUT2D eigenvalue weighted by Crippen LogP contribution is 2.20. The van der Waals surface area contributed by atoms with E-state index in [0.717, 1.165) is 18.9 Å². The Hall–Kier alpha value is -1.51. The van der Waals surface area contributed by atoms with Gasteiger partial charge in [0.15, 0.2) is 0 Å². The molecule has 1 amide bonds. The molecule has 8 heteroatoms. The third-order valence-corrected chi connectivity index (χ3v) is 6.98. The van der Waals surface area contributed by atoms with Crippen molar-refractivity contribution in [2.24, 2.45) is 0 Å². The number of hydrogen-bond donors (Lipinski definition) is 1. The maximum Gasteiger partial charge on any atom is 0.246 e. The van der Waals surface area contributed by atoms with Gasteiger partial charge in [-0.05, 0) is 25.5 Å². The summed E-state index contributed by atoms with van der Waals surface area (Å²) in [6.07, 6.45) is 5.69. The summed E-state index contributed by atoms with van der Waals surface area (Å²) in [5.41, 5.74) is 0. The Labute approximate surface area is 168 Å². The minimum absolute atomic E-state index is 0.0339. The predicted molar refractivity (Wildman–Crippen MR) is 108 cm³/mol. The van der Waals surface area contributed by atoms with Gasteiger partial charge in [-0.25, -0.2) is 12.8 Å². The zero-order valence-corrected chi connectivity index (χ0v) is 17.7. The Bertz CT molecular complexity index is 734. The lowest BCUT2D eigenvalue weighted by Gasteiger charge is -2.33. The van der Waals surface area contributed by atoms with Crippen LogP contribution in [0, 0.1) is 5.82 Å². The Morgan fingerprint density at radius 1 is 1.14 bits per heavy atom. The summed E-state index contributed by atoms with van der Waals surface area (Å²) in [7, 11) is -3.85. The first-order valence-electron chi connectivity index (χ1n) is 10.1. The van der Waals surface area contributed by atoms with E-state index in [9.17, 15) is 17.6 Å². The van der Waals surface area contributed by atoms with Gasteiger partial charge in [0.2, 0.25) is 15.9 Å². The van der Waals surface area contributed by atoms with Crippen LogP contribution in [-0.4, -0.2) is 62.3 Å². The topological polar surface area (TPSA) is 69.7 Å². The standard InChI is InChI=1S/C20H32FN3O3S/c1-3-4-5-6-9-17(2)22-20(25)16-23-12-14-24(15-13-23)28(26,27)19-11-8-7-10-18(19)21/h7-8,10-11,17H,3-6,9,12-16H2,1-2H3,(H,22,25)/t17-/m1/s1. The molecule has 1 fully saturated rings. The quantitative estimate of drug-likeness (QED) is 0.599. The Morgan fingerprint density at radius 3 is 2.46 bits per heavy atom. The first-order valence-corrected chi connectivity index (χ1v) is 11.5. The molecule has 1 aliphatic rings. The minimum Gasteiger partial charge on any atom is -0.353 e. The van der Waals surface area contributed by atoms with Crippen LogP contribution < -0.4 is 5.32 Å². The average molecular weight is 414 g/mol. The van der Waals surface area contributed by atoms with Gasteiger partial charge in [-0.1, -0.05) is 44.7 Å². The number of amides is 1. The molecule has 1 N–H and O–H groups in total. The van der Waals surface area contributed by atoms with Crippen LogP contribution in [0.2, 0.25) is 0 Å². The van der Waals surface area contributed by atoms with E-state index in [1.54, 1.807) is 0 Å². The van der Waals surface area contributed by atoms with E-state index < -0.39 is 15.8 Å². The van der Waals surface area contributed by atoms with Gasteiger partial charge in [0.25, 0.3) is 0 Å². The van der Waals surface area contributed by atoms with Crippen LogP contribution in [0.4, 0.5) is 4.39 Å². The number of sulfonamides is 1. The average Bonchev–Trinajstić information content (AvgIpc) is 2.66. The summed E-state index contributed by atoms with van der Waals surface area (Å²) >= 11 is 0. The molecular formula is C20H32FN3O3S. The van der Waals surface area contributed by atoms with E-state index >= 15 is 0 Å². The highest BCUT2D eigenvalue weighted by molar-refractivity contribution is 7.89. The van der Waals surface area contributed by atoms with Crippen molar-refractivity contribution in [2.75, 3.05) is 32.7 Å². The van der Waals surface area contributed by atoms with Crippen LogP contribution in [-0.2, 0) is 14.8 Å². The van der Waals surface area contributed by atoms with Crippen molar-refractivity contribution in [3.05, 3.63) is 30.1 Å². The first kappa shape index (κ1) is 22.8. The van der Waals surface area contributed by atoms with Crippen molar-refractivity contribution in [2.45, 2.75) is 56.9 Å². The molecule has 28 heavy (non-hydrogen) atoms. The molecule has 0 spiro atoms. The van der Waals surface area contributed by atoms with Gasteiger partial charge in [-0.3, -0.25) is 9.69 Å². The van der Waals surface area contributed by atoms with Gasteiger partial charge in [-0.2, -0.15) is 4.31 Å². The Morgan fingerprint density at radius 2 is 1.82 bits per heavy atom. The monoisotopic (exact) mass is 413 g/mol. The SMILES string of the molecule is CCCCCC[C@@H](C)NC(=O)CN1CCN(S(=O)(=O)c2ccccc2F)CC1. The van der Waals surface area contributed by atoms with Gasteiger partial charge < -0.3 is 5.32 Å². The smallest absolute Gasteiger partial charge is 0.246 e. The molecule has 1 saturated heterocycles. The molecule has 1 aromatic carbocycles. The number of rotatable bonds is 10. The lowest BCUT2D eigenvalue weighted by atomic mass is 10.1. The van der Waals surface area contributed by atoms with Crippen LogP contribution in [0.5, 0.6) is 0 Å². The van der Waals surface area contributed by atoms with Crippen LogP contribution >= 0.6 is 0 Å². The maximum absolute atomic E-state index is 13.9.